The highest BCUT2D eigenvalue weighted by Gasteiger charge is 2.26. The Hall–Kier alpha value is -3.95. The molecular formula is C29H30N2O6S. The van der Waals surface area contributed by atoms with Gasteiger partial charge in [-0.25, -0.2) is 13.2 Å². The van der Waals surface area contributed by atoms with E-state index in [-0.39, 0.29) is 10.5 Å². The number of amides is 1. The number of hydrogen-bond acceptors (Lipinski definition) is 6. The fourth-order valence-corrected chi connectivity index (χ4v) is 5.78. The highest BCUT2D eigenvalue weighted by Crippen LogP contribution is 2.26. The first kappa shape index (κ1) is 27.1. The minimum Gasteiger partial charge on any atom is -0.496 e. The van der Waals surface area contributed by atoms with Gasteiger partial charge in [-0.2, -0.15) is 4.31 Å². The van der Waals surface area contributed by atoms with Crippen molar-refractivity contribution >= 4 is 39.2 Å². The lowest BCUT2D eigenvalue weighted by Crippen LogP contribution is -2.35. The molecule has 1 fully saturated rings. The average Bonchev–Trinajstić information content (AvgIpc) is 2.96. The molecule has 9 heteroatoms. The molecule has 3 aromatic carbocycles. The summed E-state index contributed by atoms with van der Waals surface area (Å²) < 4.78 is 38.2. The van der Waals surface area contributed by atoms with E-state index in [4.69, 9.17) is 9.47 Å². The molecule has 38 heavy (non-hydrogen) atoms. The number of anilines is 1. The molecule has 1 saturated heterocycles. The number of piperidine rings is 1. The normalized spacial score (nSPS) is 14.5. The molecule has 4 rings (SSSR count). The van der Waals surface area contributed by atoms with Crippen LogP contribution in [0.5, 0.6) is 5.75 Å². The van der Waals surface area contributed by atoms with Gasteiger partial charge in [-0.1, -0.05) is 61.0 Å². The topological polar surface area (TPSA) is 102 Å². The van der Waals surface area contributed by atoms with Crippen LogP contribution in [0.2, 0.25) is 0 Å². The molecule has 1 amide bonds. The van der Waals surface area contributed by atoms with E-state index in [0.717, 1.165) is 19.3 Å². The third-order valence-corrected chi connectivity index (χ3v) is 8.04. The molecule has 0 atom stereocenters. The van der Waals surface area contributed by atoms with Crippen LogP contribution in [0.4, 0.5) is 5.69 Å². The van der Waals surface area contributed by atoms with Gasteiger partial charge in [0.1, 0.15) is 5.75 Å². The Morgan fingerprint density at radius 3 is 2.37 bits per heavy atom. The minimum atomic E-state index is -3.64. The van der Waals surface area contributed by atoms with Gasteiger partial charge in [0, 0.05) is 24.3 Å². The van der Waals surface area contributed by atoms with Crippen LogP contribution in [0.3, 0.4) is 0 Å². The highest BCUT2D eigenvalue weighted by molar-refractivity contribution is 7.89. The molecule has 0 aliphatic carbocycles. The quantitative estimate of drug-likeness (QED) is 0.245. The van der Waals surface area contributed by atoms with Gasteiger partial charge in [-0.15, -0.1) is 0 Å². The van der Waals surface area contributed by atoms with Gasteiger partial charge < -0.3 is 14.8 Å². The van der Waals surface area contributed by atoms with E-state index in [0.29, 0.717) is 35.7 Å². The summed E-state index contributed by atoms with van der Waals surface area (Å²) in [6.45, 7) is 0.431. The van der Waals surface area contributed by atoms with Gasteiger partial charge in [0.2, 0.25) is 10.0 Å². The second kappa shape index (κ2) is 12.5. The molecule has 0 unspecified atom stereocenters. The number of rotatable bonds is 9. The minimum absolute atomic E-state index is 0.111. The number of sulfonamides is 1. The van der Waals surface area contributed by atoms with Gasteiger partial charge in [0.05, 0.1) is 17.6 Å². The van der Waals surface area contributed by atoms with E-state index in [1.54, 1.807) is 55.7 Å². The summed E-state index contributed by atoms with van der Waals surface area (Å²) in [6.07, 6.45) is 4.33. The Labute approximate surface area is 222 Å². The molecule has 198 valence electrons. The van der Waals surface area contributed by atoms with Crippen molar-refractivity contribution < 1.29 is 27.5 Å². The predicted octanol–water partition coefficient (Wildman–Crippen LogP) is 4.59. The van der Waals surface area contributed by atoms with Crippen LogP contribution in [-0.4, -0.2) is 51.4 Å². The standard InChI is InChI=1S/C29H30N2O6S/c1-36-27-16-7-6-13-23(27)19-26(22-11-4-2-5-12-22)29(33)37-21-28(32)30-24-14-10-15-25(20-24)38(34,35)31-17-8-3-9-18-31/h2,4-7,10-16,19-20H,3,8-9,17-18,21H2,1H3,(H,30,32). The third-order valence-electron chi connectivity index (χ3n) is 6.15. The van der Waals surface area contributed by atoms with Crippen LogP contribution in [0, 0.1) is 0 Å². The summed E-state index contributed by atoms with van der Waals surface area (Å²) in [5.74, 6) is -0.680. The zero-order valence-corrected chi connectivity index (χ0v) is 21.9. The molecule has 0 saturated carbocycles. The van der Waals surface area contributed by atoms with E-state index >= 15 is 0 Å². The Morgan fingerprint density at radius 1 is 0.921 bits per heavy atom. The number of nitrogens with zero attached hydrogens (tertiary/aromatic N) is 1. The SMILES string of the molecule is COc1ccccc1C=C(C(=O)OCC(=O)Nc1cccc(S(=O)(=O)N2CCCCC2)c1)c1ccccc1. The second-order valence-electron chi connectivity index (χ2n) is 8.78. The average molecular weight is 535 g/mol. The van der Waals surface area contributed by atoms with Crippen LogP contribution in [0.25, 0.3) is 11.6 Å². The molecule has 0 spiro atoms. The summed E-state index contributed by atoms with van der Waals surface area (Å²) in [6, 6.07) is 22.3. The Morgan fingerprint density at radius 2 is 1.63 bits per heavy atom. The first-order valence-electron chi connectivity index (χ1n) is 12.4. The van der Waals surface area contributed by atoms with E-state index in [2.05, 4.69) is 5.32 Å². The van der Waals surface area contributed by atoms with E-state index in [1.807, 2.05) is 24.3 Å². The molecule has 1 aliphatic rings. The van der Waals surface area contributed by atoms with Gasteiger partial charge in [-0.3, -0.25) is 4.79 Å². The first-order valence-corrected chi connectivity index (χ1v) is 13.8. The first-order chi connectivity index (χ1) is 18.4. The zero-order chi connectivity index (χ0) is 27.0. The van der Waals surface area contributed by atoms with Gasteiger partial charge >= 0.3 is 5.97 Å². The number of nitrogens with one attached hydrogen (secondary N) is 1. The van der Waals surface area contributed by atoms with Gasteiger partial charge in [-0.05, 0) is 48.7 Å². The van der Waals surface area contributed by atoms with Crippen LogP contribution in [-0.2, 0) is 24.3 Å². The van der Waals surface area contributed by atoms with Crippen LogP contribution >= 0.6 is 0 Å². The van der Waals surface area contributed by atoms with Crippen molar-refractivity contribution in [1.82, 2.24) is 4.31 Å². The van der Waals surface area contributed by atoms with Crippen molar-refractivity contribution in [3.05, 3.63) is 90.0 Å². The van der Waals surface area contributed by atoms with Crippen molar-refractivity contribution in [3.8, 4) is 5.75 Å². The summed E-state index contributed by atoms with van der Waals surface area (Å²) in [5, 5.41) is 2.62. The number of para-hydroxylation sites is 1. The Balaban J connectivity index is 1.46. The summed E-state index contributed by atoms with van der Waals surface area (Å²) in [5.41, 5.74) is 1.87. The number of methoxy groups -OCH3 is 1. The molecule has 8 nitrogen and oxygen atoms in total. The highest BCUT2D eigenvalue weighted by atomic mass is 32.2. The summed E-state index contributed by atoms with van der Waals surface area (Å²) in [4.78, 5) is 25.8. The maximum absolute atomic E-state index is 13.1. The zero-order valence-electron chi connectivity index (χ0n) is 21.1. The lowest BCUT2D eigenvalue weighted by atomic mass is 10.0. The van der Waals surface area contributed by atoms with Crippen molar-refractivity contribution in [2.45, 2.75) is 24.2 Å². The molecular weight excluding hydrogens is 504 g/mol. The van der Waals surface area contributed by atoms with Crippen molar-refractivity contribution in [2.75, 3.05) is 32.1 Å². The monoisotopic (exact) mass is 534 g/mol. The number of carbonyl (C=O) groups excluding carboxylic acids is 2. The van der Waals surface area contributed by atoms with Crippen molar-refractivity contribution in [1.29, 1.82) is 0 Å². The number of esters is 1. The third kappa shape index (κ3) is 6.67. The Kier molecular flexibility index (Phi) is 8.93. The van der Waals surface area contributed by atoms with Crippen LogP contribution < -0.4 is 10.1 Å². The molecule has 0 bridgehead atoms. The fourth-order valence-electron chi connectivity index (χ4n) is 4.21. The summed E-state index contributed by atoms with van der Waals surface area (Å²) in [7, 11) is -2.10. The Bertz CT molecular complexity index is 1410. The number of carbonyl (C=O) groups is 2. The maximum atomic E-state index is 13.1. The van der Waals surface area contributed by atoms with Gasteiger partial charge in [0.15, 0.2) is 6.61 Å². The smallest absolute Gasteiger partial charge is 0.339 e. The van der Waals surface area contributed by atoms with Crippen molar-refractivity contribution in [3.63, 3.8) is 0 Å². The summed E-state index contributed by atoms with van der Waals surface area (Å²) >= 11 is 0. The van der Waals surface area contributed by atoms with E-state index < -0.39 is 28.5 Å². The lowest BCUT2D eigenvalue weighted by Gasteiger charge is -2.26. The number of hydrogen-bond donors (Lipinski definition) is 1. The fraction of sp³-hybridized carbons (Fsp3) is 0.241. The molecule has 0 radical (unpaired) electrons. The number of ether oxygens (including phenoxy) is 2. The molecule has 1 N–H and O–H groups in total. The number of benzene rings is 3. The second-order valence-corrected chi connectivity index (χ2v) is 10.7. The van der Waals surface area contributed by atoms with Gasteiger partial charge in [0.25, 0.3) is 5.91 Å². The predicted molar refractivity (Wildman–Crippen MR) is 146 cm³/mol. The van der Waals surface area contributed by atoms with Crippen LogP contribution in [0.15, 0.2) is 83.8 Å². The molecule has 1 heterocycles. The van der Waals surface area contributed by atoms with Crippen molar-refractivity contribution in [2.24, 2.45) is 0 Å². The molecule has 0 aromatic heterocycles. The van der Waals surface area contributed by atoms with E-state index in [1.165, 1.54) is 16.4 Å². The van der Waals surface area contributed by atoms with Crippen LogP contribution in [0.1, 0.15) is 30.4 Å². The molecule has 1 aliphatic heterocycles. The maximum Gasteiger partial charge on any atom is 0.339 e. The molecule has 3 aromatic rings. The van der Waals surface area contributed by atoms with E-state index in [9.17, 15) is 18.0 Å². The largest absolute Gasteiger partial charge is 0.496 e. The lowest BCUT2D eigenvalue weighted by molar-refractivity contribution is -0.141.